The van der Waals surface area contributed by atoms with Crippen molar-refractivity contribution in [1.29, 1.82) is 0 Å². The summed E-state index contributed by atoms with van der Waals surface area (Å²) in [5.74, 6) is 2.12. The molecule has 0 N–H and O–H groups in total. The Balaban J connectivity index is 1.37. The molecule has 2 aromatic carbocycles. The number of carbonyl (C=O) groups is 1. The number of benzene rings is 2. The van der Waals surface area contributed by atoms with E-state index in [-0.39, 0.29) is 17.9 Å². The van der Waals surface area contributed by atoms with Crippen LogP contribution in [0.3, 0.4) is 0 Å². The lowest BCUT2D eigenvalue weighted by Crippen LogP contribution is -2.24. The summed E-state index contributed by atoms with van der Waals surface area (Å²) in [6.07, 6.45) is 10.6. The van der Waals surface area contributed by atoms with E-state index < -0.39 is 0 Å². The summed E-state index contributed by atoms with van der Waals surface area (Å²) < 4.78 is 12.8. The molecule has 3 aliphatic rings. The summed E-state index contributed by atoms with van der Waals surface area (Å²) in [5, 5.41) is 0. The predicted molar refractivity (Wildman–Crippen MR) is 123 cm³/mol. The fraction of sp³-hybridized carbons (Fsp3) is 0.519. The predicted octanol–water partition coefficient (Wildman–Crippen LogP) is 6.16. The van der Waals surface area contributed by atoms with Crippen molar-refractivity contribution in [3.05, 3.63) is 53.6 Å². The van der Waals surface area contributed by atoms with Gasteiger partial charge in [0, 0.05) is 24.6 Å². The summed E-state index contributed by atoms with van der Waals surface area (Å²) in [5.41, 5.74) is 3.35. The van der Waals surface area contributed by atoms with E-state index in [2.05, 4.69) is 37.3 Å². The summed E-state index contributed by atoms with van der Waals surface area (Å²) in [4.78, 5) is 14.7. The first-order valence-electron chi connectivity index (χ1n) is 12.0. The second-order valence-electron chi connectivity index (χ2n) is 9.50. The van der Waals surface area contributed by atoms with Crippen molar-refractivity contribution in [2.24, 2.45) is 0 Å². The number of aryl methyl sites for hydroxylation is 1. The maximum absolute atomic E-state index is 12.8. The number of amides is 1. The zero-order chi connectivity index (χ0) is 21.2. The van der Waals surface area contributed by atoms with E-state index in [0.717, 1.165) is 42.9 Å². The van der Waals surface area contributed by atoms with E-state index in [1.54, 1.807) is 0 Å². The van der Waals surface area contributed by atoms with Gasteiger partial charge in [0.2, 0.25) is 5.91 Å². The number of rotatable bonds is 6. The average Bonchev–Trinajstić information content (AvgIpc) is 3.52. The van der Waals surface area contributed by atoms with E-state index in [0.29, 0.717) is 19.1 Å². The molecular formula is C27H33NO3. The number of carbonyl (C=O) groups excluding carboxylic acids is 1. The van der Waals surface area contributed by atoms with Crippen LogP contribution >= 0.6 is 0 Å². The minimum Gasteiger partial charge on any atom is -0.487 e. The lowest BCUT2D eigenvalue weighted by molar-refractivity contribution is -0.117. The Morgan fingerprint density at radius 1 is 0.839 bits per heavy atom. The molecule has 0 radical (unpaired) electrons. The Kier molecular flexibility index (Phi) is 5.89. The molecule has 2 saturated carbocycles. The summed E-state index contributed by atoms with van der Waals surface area (Å²) in [7, 11) is 0. The van der Waals surface area contributed by atoms with Gasteiger partial charge >= 0.3 is 0 Å². The van der Waals surface area contributed by atoms with E-state index >= 15 is 0 Å². The van der Waals surface area contributed by atoms with Gasteiger partial charge in [0.15, 0.2) is 11.5 Å². The molecule has 4 heteroatoms. The monoisotopic (exact) mass is 419 g/mol. The van der Waals surface area contributed by atoms with Crippen LogP contribution in [0.25, 0.3) is 0 Å². The minimum atomic E-state index is 0.180. The highest BCUT2D eigenvalue weighted by molar-refractivity contribution is 5.96. The van der Waals surface area contributed by atoms with Crippen LogP contribution in [0.5, 0.6) is 11.5 Å². The van der Waals surface area contributed by atoms with Crippen molar-refractivity contribution in [2.45, 2.75) is 82.8 Å². The van der Waals surface area contributed by atoms with Crippen LogP contribution in [0.15, 0.2) is 42.5 Å². The van der Waals surface area contributed by atoms with Crippen molar-refractivity contribution >= 4 is 11.6 Å². The number of hydrogen-bond donors (Lipinski definition) is 0. The molecular weight excluding hydrogens is 386 g/mol. The molecule has 5 rings (SSSR count). The highest BCUT2D eigenvalue weighted by Gasteiger charge is 2.32. The van der Waals surface area contributed by atoms with Crippen LogP contribution < -0.4 is 14.4 Å². The maximum atomic E-state index is 12.8. The fourth-order valence-corrected chi connectivity index (χ4v) is 5.32. The van der Waals surface area contributed by atoms with E-state index in [9.17, 15) is 4.79 Å². The minimum absolute atomic E-state index is 0.180. The first-order valence-corrected chi connectivity index (χ1v) is 12.0. The van der Waals surface area contributed by atoms with Gasteiger partial charge in [-0.3, -0.25) is 4.79 Å². The first kappa shape index (κ1) is 20.4. The molecule has 2 aliphatic carbocycles. The molecule has 1 amide bonds. The number of hydrogen-bond acceptors (Lipinski definition) is 3. The molecule has 3 fully saturated rings. The van der Waals surface area contributed by atoms with Gasteiger partial charge in [-0.15, -0.1) is 0 Å². The van der Waals surface area contributed by atoms with Crippen molar-refractivity contribution in [1.82, 2.24) is 0 Å². The van der Waals surface area contributed by atoms with Crippen LogP contribution in [-0.4, -0.2) is 24.7 Å². The van der Waals surface area contributed by atoms with Crippen molar-refractivity contribution in [3.8, 4) is 11.5 Å². The van der Waals surface area contributed by atoms with E-state index in [1.165, 1.54) is 36.8 Å². The standard InChI is InChI=1S/C27H33NO3/c1-19-7-6-8-22(15-19)28-18-21(17-27(28)29)20-13-14-25(30-23-9-2-3-10-23)26(16-20)31-24-11-4-5-12-24/h6-8,13-16,21,23-24H,2-5,9-12,17-18H2,1H3/t21-/m1/s1. The molecule has 1 aliphatic heterocycles. The molecule has 31 heavy (non-hydrogen) atoms. The van der Waals surface area contributed by atoms with Gasteiger partial charge < -0.3 is 14.4 Å². The fourth-order valence-electron chi connectivity index (χ4n) is 5.32. The first-order chi connectivity index (χ1) is 15.2. The van der Waals surface area contributed by atoms with Gasteiger partial charge in [0.25, 0.3) is 0 Å². The van der Waals surface area contributed by atoms with Gasteiger partial charge in [0.05, 0.1) is 12.2 Å². The van der Waals surface area contributed by atoms with Crippen molar-refractivity contribution in [3.63, 3.8) is 0 Å². The zero-order valence-corrected chi connectivity index (χ0v) is 18.5. The van der Waals surface area contributed by atoms with Crippen LogP contribution in [0.2, 0.25) is 0 Å². The molecule has 0 aromatic heterocycles. The van der Waals surface area contributed by atoms with Gasteiger partial charge in [-0.05, 0) is 93.7 Å². The van der Waals surface area contributed by atoms with Crippen molar-refractivity contribution in [2.75, 3.05) is 11.4 Å². The maximum Gasteiger partial charge on any atom is 0.227 e. The molecule has 1 heterocycles. The highest BCUT2D eigenvalue weighted by Crippen LogP contribution is 2.39. The molecule has 0 unspecified atom stereocenters. The molecule has 1 atom stereocenters. The Labute approximate surface area is 185 Å². The van der Waals surface area contributed by atoms with Crippen molar-refractivity contribution < 1.29 is 14.3 Å². The third kappa shape index (κ3) is 4.58. The second kappa shape index (κ2) is 8.94. The summed E-state index contributed by atoms with van der Waals surface area (Å²) in [6.45, 7) is 2.78. The molecule has 164 valence electrons. The topological polar surface area (TPSA) is 38.8 Å². The third-order valence-corrected chi connectivity index (χ3v) is 7.07. The lowest BCUT2D eigenvalue weighted by Gasteiger charge is -2.22. The normalized spacial score (nSPS) is 22.4. The molecule has 4 nitrogen and oxygen atoms in total. The molecule has 0 spiro atoms. The Morgan fingerprint density at radius 3 is 2.19 bits per heavy atom. The largest absolute Gasteiger partial charge is 0.487 e. The number of anilines is 1. The highest BCUT2D eigenvalue weighted by atomic mass is 16.5. The lowest BCUT2D eigenvalue weighted by atomic mass is 9.97. The second-order valence-corrected chi connectivity index (χ2v) is 9.50. The van der Waals surface area contributed by atoms with Gasteiger partial charge in [0.1, 0.15) is 0 Å². The van der Waals surface area contributed by atoms with E-state index in [1.807, 2.05) is 17.0 Å². The van der Waals surface area contributed by atoms with Gasteiger partial charge in [-0.2, -0.15) is 0 Å². The van der Waals surface area contributed by atoms with E-state index in [4.69, 9.17) is 9.47 Å². The Bertz CT molecular complexity index is 928. The zero-order valence-electron chi connectivity index (χ0n) is 18.5. The average molecular weight is 420 g/mol. The number of ether oxygens (including phenoxy) is 2. The van der Waals surface area contributed by atoms with Gasteiger partial charge in [-0.1, -0.05) is 18.2 Å². The van der Waals surface area contributed by atoms with Gasteiger partial charge in [-0.25, -0.2) is 0 Å². The Morgan fingerprint density at radius 2 is 1.52 bits per heavy atom. The van der Waals surface area contributed by atoms with Crippen LogP contribution in [0.1, 0.15) is 74.8 Å². The SMILES string of the molecule is Cc1cccc(N2C[C@H](c3ccc(OC4CCCC4)c(OC4CCCC4)c3)CC2=O)c1. The summed E-state index contributed by atoms with van der Waals surface area (Å²) in [6, 6.07) is 14.6. The summed E-state index contributed by atoms with van der Waals surface area (Å²) >= 11 is 0. The van der Waals surface area contributed by atoms with Crippen LogP contribution in [-0.2, 0) is 4.79 Å². The Hall–Kier alpha value is -2.49. The van der Waals surface area contributed by atoms with Crippen LogP contribution in [0.4, 0.5) is 5.69 Å². The molecule has 1 saturated heterocycles. The molecule has 0 bridgehead atoms. The quantitative estimate of drug-likeness (QED) is 0.563. The van der Waals surface area contributed by atoms with Crippen LogP contribution in [0, 0.1) is 6.92 Å². The molecule has 2 aromatic rings. The smallest absolute Gasteiger partial charge is 0.227 e. The third-order valence-electron chi connectivity index (χ3n) is 7.07. The number of nitrogens with zero attached hydrogens (tertiary/aromatic N) is 1.